The van der Waals surface area contributed by atoms with Crippen molar-refractivity contribution in [1.29, 1.82) is 5.41 Å². The summed E-state index contributed by atoms with van der Waals surface area (Å²) >= 11 is 0. The summed E-state index contributed by atoms with van der Waals surface area (Å²) in [4.78, 5) is 17.0. The third-order valence-corrected chi connectivity index (χ3v) is 4.41. The van der Waals surface area contributed by atoms with Crippen LogP contribution in [0.5, 0.6) is 0 Å². The Morgan fingerprint density at radius 2 is 2.08 bits per heavy atom. The zero-order valence-electron chi connectivity index (χ0n) is 14.5. The van der Waals surface area contributed by atoms with Crippen LogP contribution in [0.3, 0.4) is 0 Å². The lowest BCUT2D eigenvalue weighted by molar-refractivity contribution is -0.119. The smallest absolute Gasteiger partial charge is 0.209 e. The second-order valence-corrected chi connectivity index (χ2v) is 6.63. The minimum absolute atomic E-state index is 0.254. The number of rotatable bonds is 6. The van der Waals surface area contributed by atoms with Gasteiger partial charge in [-0.05, 0) is 32.8 Å². The van der Waals surface area contributed by atoms with Crippen LogP contribution in [0.4, 0.5) is 5.69 Å². The first-order chi connectivity index (χ1) is 12.1. The number of nitrogens with zero attached hydrogens (tertiary/aromatic N) is 3. The van der Waals surface area contributed by atoms with E-state index in [2.05, 4.69) is 15.5 Å². The largest absolute Gasteiger partial charge is 0.382 e. The van der Waals surface area contributed by atoms with Crippen LogP contribution in [-0.4, -0.2) is 46.8 Å². The van der Waals surface area contributed by atoms with Crippen molar-refractivity contribution < 1.29 is 9.32 Å². The fraction of sp³-hybridized carbons (Fsp3) is 0.444. The molecule has 0 atom stereocenters. The van der Waals surface area contributed by atoms with Gasteiger partial charge in [-0.25, -0.2) is 0 Å². The molecule has 2 aromatic heterocycles. The second-order valence-electron chi connectivity index (χ2n) is 6.63. The highest BCUT2D eigenvalue weighted by Gasteiger charge is 2.23. The number of aromatic nitrogens is 2. The van der Waals surface area contributed by atoms with Crippen molar-refractivity contribution in [2.24, 2.45) is 0 Å². The Bertz CT molecular complexity index is 748. The normalized spacial score (nSPS) is 15.4. The number of hydrogen-bond acceptors (Lipinski definition) is 6. The molecule has 3 rings (SSSR count). The summed E-state index contributed by atoms with van der Waals surface area (Å²) in [5.74, 6) is 1.13. The molecule has 0 unspecified atom stereocenters. The van der Waals surface area contributed by atoms with Crippen molar-refractivity contribution in [3.05, 3.63) is 29.7 Å². The first-order valence-electron chi connectivity index (χ1n) is 8.54. The van der Waals surface area contributed by atoms with E-state index >= 15 is 0 Å². The zero-order chi connectivity index (χ0) is 17.8. The minimum atomic E-state index is 0.254. The van der Waals surface area contributed by atoms with E-state index in [0.717, 1.165) is 49.4 Å². The lowest BCUT2D eigenvalue weighted by Crippen LogP contribution is -2.31. The third kappa shape index (κ3) is 3.87. The maximum Gasteiger partial charge on any atom is 0.209 e. The van der Waals surface area contributed by atoms with E-state index in [9.17, 15) is 4.79 Å². The van der Waals surface area contributed by atoms with Gasteiger partial charge in [0.25, 0.3) is 0 Å². The Hall–Kier alpha value is -2.70. The molecular weight excluding hydrogens is 318 g/mol. The van der Waals surface area contributed by atoms with Crippen LogP contribution in [0.15, 0.2) is 22.9 Å². The fourth-order valence-electron chi connectivity index (χ4n) is 3.05. The lowest BCUT2D eigenvalue weighted by atomic mass is 9.94. The second kappa shape index (κ2) is 7.46. The molecule has 0 aromatic carbocycles. The van der Waals surface area contributed by atoms with Gasteiger partial charge in [0.2, 0.25) is 6.41 Å². The van der Waals surface area contributed by atoms with Gasteiger partial charge < -0.3 is 20.1 Å². The van der Waals surface area contributed by atoms with Crippen molar-refractivity contribution in [1.82, 2.24) is 15.0 Å². The van der Waals surface area contributed by atoms with Gasteiger partial charge >= 0.3 is 0 Å². The molecule has 7 heteroatoms. The fourth-order valence-corrected chi connectivity index (χ4v) is 3.05. The molecule has 0 spiro atoms. The first kappa shape index (κ1) is 17.1. The van der Waals surface area contributed by atoms with Gasteiger partial charge in [-0.3, -0.25) is 9.78 Å². The lowest BCUT2D eigenvalue weighted by Gasteiger charge is -2.27. The number of nitrogens with one attached hydrogen (secondary N) is 2. The zero-order valence-corrected chi connectivity index (χ0v) is 14.5. The molecule has 1 saturated heterocycles. The van der Waals surface area contributed by atoms with E-state index in [0.29, 0.717) is 11.4 Å². The number of carbonyl (C=O) groups is 1. The molecule has 3 heterocycles. The maximum absolute atomic E-state index is 10.8. The van der Waals surface area contributed by atoms with E-state index in [1.807, 2.05) is 26.0 Å². The Balaban J connectivity index is 1.80. The van der Waals surface area contributed by atoms with Crippen molar-refractivity contribution in [3.8, 4) is 11.4 Å². The monoisotopic (exact) mass is 341 g/mol. The van der Waals surface area contributed by atoms with Crippen LogP contribution in [0.25, 0.3) is 11.4 Å². The highest BCUT2D eigenvalue weighted by atomic mass is 16.5. The molecule has 132 valence electrons. The molecule has 25 heavy (non-hydrogen) atoms. The summed E-state index contributed by atoms with van der Waals surface area (Å²) in [5.41, 5.74) is 3.01. The van der Waals surface area contributed by atoms with Gasteiger partial charge in [0.05, 0.1) is 5.69 Å². The first-order valence-corrected chi connectivity index (χ1v) is 8.54. The van der Waals surface area contributed by atoms with Crippen LogP contribution < -0.4 is 5.32 Å². The highest BCUT2D eigenvalue weighted by Crippen LogP contribution is 2.31. The Kier molecular flexibility index (Phi) is 5.11. The molecule has 0 radical (unpaired) electrons. The van der Waals surface area contributed by atoms with E-state index in [1.165, 1.54) is 6.21 Å². The summed E-state index contributed by atoms with van der Waals surface area (Å²) in [6.07, 6.45) is 5.63. The molecule has 0 saturated carbocycles. The van der Waals surface area contributed by atoms with Crippen molar-refractivity contribution in [2.75, 3.05) is 18.4 Å². The molecule has 2 aromatic rings. The Morgan fingerprint density at radius 1 is 1.32 bits per heavy atom. The van der Waals surface area contributed by atoms with Gasteiger partial charge in [0, 0.05) is 54.8 Å². The quantitative estimate of drug-likeness (QED) is 0.622. The van der Waals surface area contributed by atoms with Gasteiger partial charge in [0.1, 0.15) is 11.5 Å². The number of pyridine rings is 1. The molecule has 1 fully saturated rings. The van der Waals surface area contributed by atoms with Gasteiger partial charge in [-0.2, -0.15) is 0 Å². The van der Waals surface area contributed by atoms with Crippen LogP contribution in [0.1, 0.15) is 43.9 Å². The van der Waals surface area contributed by atoms with Crippen LogP contribution in [0.2, 0.25) is 0 Å². The highest BCUT2D eigenvalue weighted by molar-refractivity contribution is 5.86. The average molecular weight is 341 g/mol. The summed E-state index contributed by atoms with van der Waals surface area (Å²) in [7, 11) is 0. The molecule has 7 nitrogen and oxygen atoms in total. The third-order valence-electron chi connectivity index (χ3n) is 4.41. The Morgan fingerprint density at radius 3 is 2.72 bits per heavy atom. The molecule has 0 bridgehead atoms. The summed E-state index contributed by atoms with van der Waals surface area (Å²) in [5, 5.41) is 15.0. The van der Waals surface area contributed by atoms with Crippen LogP contribution in [-0.2, 0) is 4.79 Å². The molecular formula is C18H23N5O2. The predicted molar refractivity (Wildman–Crippen MR) is 96.0 cm³/mol. The number of amides is 1. The molecule has 0 aliphatic carbocycles. The van der Waals surface area contributed by atoms with Gasteiger partial charge in [0.15, 0.2) is 0 Å². The summed E-state index contributed by atoms with van der Waals surface area (Å²) < 4.78 is 5.54. The average Bonchev–Trinajstić information content (AvgIpc) is 3.11. The van der Waals surface area contributed by atoms with Gasteiger partial charge in [-0.15, -0.1) is 0 Å². The van der Waals surface area contributed by atoms with Gasteiger partial charge in [-0.1, -0.05) is 5.16 Å². The van der Waals surface area contributed by atoms with E-state index in [4.69, 9.17) is 9.93 Å². The van der Waals surface area contributed by atoms with Crippen LogP contribution in [0, 0.1) is 5.41 Å². The van der Waals surface area contributed by atoms with Crippen molar-refractivity contribution in [3.63, 3.8) is 0 Å². The van der Waals surface area contributed by atoms with Crippen LogP contribution >= 0.6 is 0 Å². The van der Waals surface area contributed by atoms with Crippen molar-refractivity contribution >= 4 is 18.3 Å². The molecule has 1 aliphatic rings. The summed E-state index contributed by atoms with van der Waals surface area (Å²) in [6.45, 7) is 5.60. The van der Waals surface area contributed by atoms with E-state index in [-0.39, 0.29) is 12.0 Å². The number of carbonyl (C=O) groups excluding carboxylic acids is 1. The molecule has 1 amide bonds. The predicted octanol–water partition coefficient (Wildman–Crippen LogP) is 2.89. The number of piperidine rings is 1. The number of likely N-dealkylation sites (tertiary alicyclic amines) is 1. The standard InChI is InChI=1S/C18H23N5O2/c1-12(2)21-15-7-16(20-10-14(15)9-19)17-8-18(25-22-17)13-3-5-23(11-24)6-4-13/h7-13,19H,3-6H2,1-2H3,(H,20,21). The van der Waals surface area contributed by atoms with E-state index < -0.39 is 0 Å². The minimum Gasteiger partial charge on any atom is -0.382 e. The topological polar surface area (TPSA) is 95.1 Å². The SMILES string of the molecule is CC(C)Nc1cc(-c2cc(C3CCN(C=O)CC3)on2)ncc1C=N. The number of anilines is 1. The van der Waals surface area contributed by atoms with E-state index in [1.54, 1.807) is 11.1 Å². The number of hydrogen-bond donors (Lipinski definition) is 2. The van der Waals surface area contributed by atoms with Crippen molar-refractivity contribution in [2.45, 2.75) is 38.6 Å². The summed E-state index contributed by atoms with van der Waals surface area (Å²) in [6, 6.07) is 4.09. The maximum atomic E-state index is 10.8. The molecule has 2 N–H and O–H groups in total. The molecule has 1 aliphatic heterocycles. The Labute approximate surface area is 146 Å².